The number of benzene rings is 1. The lowest BCUT2D eigenvalue weighted by Gasteiger charge is -2.37. The van der Waals surface area contributed by atoms with Gasteiger partial charge in [-0.25, -0.2) is 0 Å². The Kier molecular flexibility index (Phi) is 10.9. The van der Waals surface area contributed by atoms with Crippen molar-refractivity contribution in [2.24, 2.45) is 4.99 Å². The Hall–Kier alpha value is -1.56. The Morgan fingerprint density at radius 1 is 1.35 bits per heavy atom. The van der Waals surface area contributed by atoms with Crippen LogP contribution in [0.3, 0.4) is 0 Å². The van der Waals surface area contributed by atoms with Gasteiger partial charge < -0.3 is 24.8 Å². The third-order valence-electron chi connectivity index (χ3n) is 5.00. The molecule has 1 aliphatic heterocycles. The molecule has 1 fully saturated rings. The van der Waals surface area contributed by atoms with Gasteiger partial charge in [-0.1, -0.05) is 6.07 Å². The van der Waals surface area contributed by atoms with Crippen LogP contribution in [0.25, 0.3) is 0 Å². The zero-order chi connectivity index (χ0) is 21.3. The smallest absolute Gasteiger partial charge is 0.195 e. The van der Waals surface area contributed by atoms with E-state index in [-0.39, 0.29) is 36.1 Å². The van der Waals surface area contributed by atoms with E-state index in [1.807, 2.05) is 25.1 Å². The molecule has 2 aromatic rings. The summed E-state index contributed by atoms with van der Waals surface area (Å²) in [5, 5.41) is 8.98. The number of hydrogen-bond donors (Lipinski definition) is 2. The molecule has 2 heterocycles. The van der Waals surface area contributed by atoms with Gasteiger partial charge in [-0.15, -0.1) is 35.3 Å². The lowest BCUT2D eigenvalue weighted by Crippen LogP contribution is -2.47. The minimum Gasteiger partial charge on any atom is -0.493 e. The van der Waals surface area contributed by atoms with E-state index in [9.17, 15) is 0 Å². The molecule has 1 aliphatic rings. The number of rotatable bonds is 8. The molecule has 2 unspecified atom stereocenters. The zero-order valence-electron chi connectivity index (χ0n) is 18.6. The molecule has 0 radical (unpaired) electrons. The third-order valence-corrected chi connectivity index (χ3v) is 5.97. The van der Waals surface area contributed by atoms with Gasteiger partial charge in [0.1, 0.15) is 0 Å². The van der Waals surface area contributed by atoms with E-state index in [0.717, 1.165) is 31.9 Å². The maximum atomic E-state index is 5.73. The molecule has 0 bridgehead atoms. The summed E-state index contributed by atoms with van der Waals surface area (Å²) in [7, 11) is 3.42. The number of nitrogens with zero attached hydrogens (tertiary/aromatic N) is 2. The summed E-state index contributed by atoms with van der Waals surface area (Å²) in [5.41, 5.74) is 0.889. The summed E-state index contributed by atoms with van der Waals surface area (Å²) in [5.74, 6) is 2.13. The Bertz CT molecular complexity index is 819. The highest BCUT2D eigenvalue weighted by molar-refractivity contribution is 14.0. The Morgan fingerprint density at radius 2 is 2.19 bits per heavy atom. The molecule has 3 rings (SSSR count). The van der Waals surface area contributed by atoms with E-state index in [4.69, 9.17) is 14.2 Å². The highest BCUT2D eigenvalue weighted by Gasteiger charge is 2.26. The lowest BCUT2D eigenvalue weighted by molar-refractivity contribution is -0.0333. The topological polar surface area (TPSA) is 67.4 Å². The predicted molar refractivity (Wildman–Crippen MR) is 139 cm³/mol. The number of aliphatic imine (C=N–C) groups is 1. The van der Waals surface area contributed by atoms with E-state index in [1.54, 1.807) is 25.5 Å². The van der Waals surface area contributed by atoms with Gasteiger partial charge in [-0.3, -0.25) is 9.89 Å². The molecule has 0 saturated carbocycles. The van der Waals surface area contributed by atoms with Crippen LogP contribution in [0.2, 0.25) is 0 Å². The molecule has 1 aromatic carbocycles. The van der Waals surface area contributed by atoms with Crippen LogP contribution in [0.15, 0.2) is 40.7 Å². The first-order valence-corrected chi connectivity index (χ1v) is 11.2. The average Bonchev–Trinajstić information content (AvgIpc) is 3.28. The summed E-state index contributed by atoms with van der Waals surface area (Å²) < 4.78 is 16.8. The summed E-state index contributed by atoms with van der Waals surface area (Å²) in [6.07, 6.45) is 0.245. The SMILES string of the molecule is CCOc1cc(NC(=NC)NCC(c2cccs2)N2CCOC(C)C2)ccc1OC.I. The minimum absolute atomic E-state index is 0. The van der Waals surface area contributed by atoms with Gasteiger partial charge in [0.25, 0.3) is 0 Å². The fourth-order valence-electron chi connectivity index (χ4n) is 3.55. The maximum Gasteiger partial charge on any atom is 0.195 e. The Balaban J connectivity index is 0.00000341. The second-order valence-electron chi connectivity index (χ2n) is 7.08. The van der Waals surface area contributed by atoms with Crippen LogP contribution in [-0.4, -0.2) is 64.0 Å². The number of methoxy groups -OCH3 is 1. The summed E-state index contributed by atoms with van der Waals surface area (Å²) in [6.45, 7) is 8.03. The van der Waals surface area contributed by atoms with E-state index < -0.39 is 0 Å². The van der Waals surface area contributed by atoms with Gasteiger partial charge in [-0.05, 0) is 37.4 Å². The van der Waals surface area contributed by atoms with Crippen molar-refractivity contribution < 1.29 is 14.2 Å². The standard InChI is InChI=1S/C22H32N4O3S.HI/c1-5-28-20-13-17(8-9-19(20)27-4)25-22(23-3)24-14-18(21-7-6-12-30-21)26-10-11-29-16(2)15-26;/h6-9,12-13,16,18H,5,10-11,14-15H2,1-4H3,(H2,23,24,25);1H. The molecule has 9 heteroatoms. The summed E-state index contributed by atoms with van der Waals surface area (Å²) in [6, 6.07) is 10.3. The summed E-state index contributed by atoms with van der Waals surface area (Å²) >= 11 is 1.79. The van der Waals surface area contributed by atoms with Crippen LogP contribution in [-0.2, 0) is 4.74 Å². The molecular formula is C22H33IN4O3S. The van der Waals surface area contributed by atoms with Crippen molar-refractivity contribution >= 4 is 47.0 Å². The third kappa shape index (κ3) is 7.23. The number of ether oxygens (including phenoxy) is 3. The number of hydrogen-bond acceptors (Lipinski definition) is 6. The molecule has 172 valence electrons. The molecule has 2 N–H and O–H groups in total. The van der Waals surface area contributed by atoms with Gasteiger partial charge in [0, 0.05) is 43.3 Å². The van der Waals surface area contributed by atoms with Crippen molar-refractivity contribution in [1.29, 1.82) is 0 Å². The van der Waals surface area contributed by atoms with Gasteiger partial charge in [0.05, 0.1) is 32.5 Å². The molecule has 0 amide bonds. The first-order valence-electron chi connectivity index (χ1n) is 10.3. The highest BCUT2D eigenvalue weighted by Crippen LogP contribution is 2.30. The van der Waals surface area contributed by atoms with E-state index in [0.29, 0.717) is 24.1 Å². The van der Waals surface area contributed by atoms with Crippen molar-refractivity contribution in [3.63, 3.8) is 0 Å². The second kappa shape index (κ2) is 13.1. The lowest BCUT2D eigenvalue weighted by atomic mass is 10.1. The zero-order valence-corrected chi connectivity index (χ0v) is 21.7. The van der Waals surface area contributed by atoms with Gasteiger partial charge in [0.15, 0.2) is 17.5 Å². The molecule has 1 aromatic heterocycles. The van der Waals surface area contributed by atoms with E-state index in [1.165, 1.54) is 4.88 Å². The average molecular weight is 561 g/mol. The van der Waals surface area contributed by atoms with Crippen LogP contribution in [0.5, 0.6) is 11.5 Å². The van der Waals surface area contributed by atoms with Crippen LogP contribution in [0.4, 0.5) is 5.69 Å². The van der Waals surface area contributed by atoms with Crippen molar-refractivity contribution in [1.82, 2.24) is 10.2 Å². The first kappa shape index (κ1) is 25.7. The Labute approximate surface area is 206 Å². The second-order valence-corrected chi connectivity index (χ2v) is 8.06. The predicted octanol–water partition coefficient (Wildman–Crippen LogP) is 4.22. The maximum absolute atomic E-state index is 5.73. The van der Waals surface area contributed by atoms with Gasteiger partial charge in [0.2, 0.25) is 0 Å². The fourth-order valence-corrected chi connectivity index (χ4v) is 4.41. The molecule has 1 saturated heterocycles. The number of halogens is 1. The van der Waals surface area contributed by atoms with Crippen LogP contribution in [0, 0.1) is 0 Å². The van der Waals surface area contributed by atoms with Crippen molar-refractivity contribution in [2.45, 2.75) is 26.0 Å². The largest absolute Gasteiger partial charge is 0.493 e. The van der Waals surface area contributed by atoms with Crippen LogP contribution < -0.4 is 20.1 Å². The van der Waals surface area contributed by atoms with Crippen molar-refractivity contribution in [3.05, 3.63) is 40.6 Å². The number of nitrogens with one attached hydrogen (secondary N) is 2. The Morgan fingerprint density at radius 3 is 2.84 bits per heavy atom. The highest BCUT2D eigenvalue weighted by atomic mass is 127. The van der Waals surface area contributed by atoms with Crippen molar-refractivity contribution in [3.8, 4) is 11.5 Å². The fraction of sp³-hybridized carbons (Fsp3) is 0.500. The molecule has 0 spiro atoms. The number of guanidine groups is 1. The minimum atomic E-state index is 0. The number of morpholine rings is 1. The van der Waals surface area contributed by atoms with E-state index in [2.05, 4.69) is 45.0 Å². The van der Waals surface area contributed by atoms with Crippen LogP contribution in [0.1, 0.15) is 24.8 Å². The van der Waals surface area contributed by atoms with Crippen LogP contribution >= 0.6 is 35.3 Å². The van der Waals surface area contributed by atoms with E-state index >= 15 is 0 Å². The quantitative estimate of drug-likeness (QED) is 0.287. The van der Waals surface area contributed by atoms with Crippen molar-refractivity contribution in [2.75, 3.05) is 52.3 Å². The van der Waals surface area contributed by atoms with Gasteiger partial charge >= 0.3 is 0 Å². The normalized spacial score (nSPS) is 18.1. The van der Waals surface area contributed by atoms with Gasteiger partial charge in [-0.2, -0.15) is 0 Å². The monoisotopic (exact) mass is 560 g/mol. The summed E-state index contributed by atoms with van der Waals surface area (Å²) in [4.78, 5) is 8.23. The molecule has 2 atom stereocenters. The molecule has 7 nitrogen and oxygen atoms in total. The first-order chi connectivity index (χ1) is 14.6. The molecule has 31 heavy (non-hydrogen) atoms. The number of thiophene rings is 1. The molecular weight excluding hydrogens is 527 g/mol. The molecule has 0 aliphatic carbocycles. The number of anilines is 1.